The molecule has 1 amide bonds. The van der Waals surface area contributed by atoms with Crippen molar-refractivity contribution in [3.63, 3.8) is 0 Å². The summed E-state index contributed by atoms with van der Waals surface area (Å²) in [7, 11) is 3.04. The van der Waals surface area contributed by atoms with Crippen LogP contribution in [0.1, 0.15) is 57.4 Å². The van der Waals surface area contributed by atoms with Gasteiger partial charge in [0.2, 0.25) is 0 Å². The van der Waals surface area contributed by atoms with Gasteiger partial charge in [-0.25, -0.2) is 0 Å². The van der Waals surface area contributed by atoms with E-state index in [4.69, 9.17) is 18.9 Å². The number of aliphatic hydroxyl groups is 1. The first kappa shape index (κ1) is 29.5. The van der Waals surface area contributed by atoms with Crippen molar-refractivity contribution in [3.05, 3.63) is 82.9 Å². The van der Waals surface area contributed by atoms with Gasteiger partial charge in [0.25, 0.3) is 11.7 Å². The van der Waals surface area contributed by atoms with Crippen molar-refractivity contribution >= 4 is 23.1 Å². The number of nitrogens with zero attached hydrogens (tertiary/aromatic N) is 1. The number of anilines is 1. The molecule has 4 rings (SSSR count). The Balaban J connectivity index is 1.95. The van der Waals surface area contributed by atoms with E-state index in [1.54, 1.807) is 54.6 Å². The number of ketones is 1. The minimum absolute atomic E-state index is 0.0277. The quantitative estimate of drug-likeness (QED) is 0.184. The van der Waals surface area contributed by atoms with Crippen LogP contribution in [-0.4, -0.2) is 44.2 Å². The van der Waals surface area contributed by atoms with Crippen molar-refractivity contribution in [3.8, 4) is 23.0 Å². The van der Waals surface area contributed by atoms with Crippen molar-refractivity contribution in [1.82, 2.24) is 0 Å². The van der Waals surface area contributed by atoms with Crippen LogP contribution < -0.4 is 23.8 Å². The van der Waals surface area contributed by atoms with Crippen LogP contribution in [0, 0.1) is 0 Å². The summed E-state index contributed by atoms with van der Waals surface area (Å²) in [6, 6.07) is 16.5. The van der Waals surface area contributed by atoms with E-state index in [0.29, 0.717) is 53.0 Å². The van der Waals surface area contributed by atoms with Crippen molar-refractivity contribution in [2.45, 2.75) is 46.1 Å². The average Bonchev–Trinajstić information content (AvgIpc) is 3.22. The van der Waals surface area contributed by atoms with Crippen LogP contribution in [-0.2, 0) is 15.0 Å². The Morgan fingerprint density at radius 2 is 1.46 bits per heavy atom. The van der Waals surface area contributed by atoms with Crippen molar-refractivity contribution < 1.29 is 33.6 Å². The molecular formula is C33H37NO7. The molecule has 1 fully saturated rings. The number of aliphatic hydroxyl groups excluding tert-OH is 1. The number of ether oxygens (including phenoxy) is 4. The molecule has 1 unspecified atom stereocenters. The Labute approximate surface area is 241 Å². The fourth-order valence-corrected chi connectivity index (χ4v) is 5.01. The Morgan fingerprint density at radius 3 is 2.05 bits per heavy atom. The van der Waals surface area contributed by atoms with E-state index in [1.807, 2.05) is 40.7 Å². The molecule has 1 atom stereocenters. The second-order valence-corrected chi connectivity index (χ2v) is 10.6. The summed E-state index contributed by atoms with van der Waals surface area (Å²) >= 11 is 0. The van der Waals surface area contributed by atoms with E-state index in [2.05, 4.69) is 0 Å². The molecule has 0 aliphatic carbocycles. The zero-order valence-electron chi connectivity index (χ0n) is 24.6. The highest BCUT2D eigenvalue weighted by Gasteiger charge is 2.47. The molecule has 1 saturated heterocycles. The van der Waals surface area contributed by atoms with Crippen LogP contribution in [0.15, 0.2) is 66.2 Å². The molecule has 41 heavy (non-hydrogen) atoms. The highest BCUT2D eigenvalue weighted by Crippen LogP contribution is 2.45. The van der Waals surface area contributed by atoms with Gasteiger partial charge in [0, 0.05) is 16.8 Å². The van der Waals surface area contributed by atoms with Gasteiger partial charge >= 0.3 is 0 Å². The zero-order chi connectivity index (χ0) is 29.9. The van der Waals surface area contributed by atoms with Gasteiger partial charge in [0.05, 0.1) is 39.0 Å². The lowest BCUT2D eigenvalue weighted by molar-refractivity contribution is -0.132. The van der Waals surface area contributed by atoms with Gasteiger partial charge in [-0.3, -0.25) is 14.5 Å². The maximum Gasteiger partial charge on any atom is 0.300 e. The maximum absolute atomic E-state index is 13.7. The molecule has 0 saturated carbocycles. The molecule has 1 N–H and O–H groups in total. The molecule has 0 radical (unpaired) electrons. The lowest BCUT2D eigenvalue weighted by Gasteiger charge is -2.26. The summed E-state index contributed by atoms with van der Waals surface area (Å²) in [6.45, 7) is 10.9. The average molecular weight is 560 g/mol. The van der Waals surface area contributed by atoms with Crippen LogP contribution in [0.5, 0.6) is 23.0 Å². The molecule has 0 aromatic heterocycles. The second kappa shape index (κ2) is 12.0. The SMILES string of the molecule is CCOc1ccc(N2C(=O)C(=O)/C(=C(/O)c3ccc(OCC)c(C(C)(C)C)c3)C2c2ccc(OC)c(OC)c2)cc1. The van der Waals surface area contributed by atoms with Gasteiger partial charge < -0.3 is 24.1 Å². The fourth-order valence-electron chi connectivity index (χ4n) is 5.01. The first-order valence-electron chi connectivity index (χ1n) is 13.6. The minimum atomic E-state index is -0.933. The number of carbonyl (C=O) groups is 2. The van der Waals surface area contributed by atoms with Crippen molar-refractivity contribution in [2.75, 3.05) is 32.3 Å². The molecule has 8 heteroatoms. The summed E-state index contributed by atoms with van der Waals surface area (Å²) in [5.74, 6) is 0.446. The summed E-state index contributed by atoms with van der Waals surface area (Å²) in [4.78, 5) is 28.7. The molecule has 0 spiro atoms. The van der Waals surface area contributed by atoms with Gasteiger partial charge in [-0.2, -0.15) is 0 Å². The summed E-state index contributed by atoms with van der Waals surface area (Å²) < 4.78 is 22.3. The number of carbonyl (C=O) groups excluding carboxylic acids is 2. The standard InChI is InChI=1S/C33H37NO7/c1-8-40-23-14-12-22(13-15-23)34-29(20-10-17-26(38-6)27(19-20)39-7)28(31(36)32(34)37)30(35)21-11-16-25(41-9-2)24(18-21)33(3,4)5/h10-19,29,35H,8-9H2,1-7H3/b30-28+. The summed E-state index contributed by atoms with van der Waals surface area (Å²) in [6.07, 6.45) is 0. The molecule has 3 aromatic rings. The van der Waals surface area contributed by atoms with Gasteiger partial charge in [0.15, 0.2) is 11.5 Å². The summed E-state index contributed by atoms with van der Waals surface area (Å²) in [5, 5.41) is 11.7. The number of hydrogen-bond donors (Lipinski definition) is 1. The zero-order valence-corrected chi connectivity index (χ0v) is 24.6. The van der Waals surface area contributed by atoms with E-state index in [0.717, 1.165) is 5.56 Å². The van der Waals surface area contributed by atoms with Gasteiger partial charge in [-0.05, 0) is 79.4 Å². The van der Waals surface area contributed by atoms with E-state index >= 15 is 0 Å². The maximum atomic E-state index is 13.7. The second-order valence-electron chi connectivity index (χ2n) is 10.6. The molecule has 216 valence electrons. The first-order chi connectivity index (χ1) is 19.5. The van der Waals surface area contributed by atoms with Crippen molar-refractivity contribution in [2.24, 2.45) is 0 Å². The Morgan fingerprint density at radius 1 is 0.829 bits per heavy atom. The third-order valence-corrected chi connectivity index (χ3v) is 6.95. The Hall–Kier alpha value is -4.46. The predicted molar refractivity (Wildman–Crippen MR) is 158 cm³/mol. The van der Waals surface area contributed by atoms with E-state index in [1.165, 1.54) is 19.1 Å². The molecule has 1 heterocycles. The van der Waals surface area contributed by atoms with Crippen LogP contribution in [0.4, 0.5) is 5.69 Å². The molecule has 1 aliphatic heterocycles. The third-order valence-electron chi connectivity index (χ3n) is 6.95. The molecule has 0 bridgehead atoms. The highest BCUT2D eigenvalue weighted by molar-refractivity contribution is 6.51. The number of Topliss-reactive ketones (excluding diaryl/α,β-unsaturated/α-hetero) is 1. The largest absolute Gasteiger partial charge is 0.507 e. The smallest absolute Gasteiger partial charge is 0.300 e. The number of amides is 1. The van der Waals surface area contributed by atoms with Gasteiger partial charge in [-0.1, -0.05) is 26.8 Å². The Bertz CT molecular complexity index is 1470. The molecular weight excluding hydrogens is 522 g/mol. The number of benzene rings is 3. The van der Waals surface area contributed by atoms with Crippen LogP contribution in [0.3, 0.4) is 0 Å². The predicted octanol–water partition coefficient (Wildman–Crippen LogP) is 6.43. The number of hydrogen-bond acceptors (Lipinski definition) is 7. The highest BCUT2D eigenvalue weighted by atomic mass is 16.5. The molecule has 1 aliphatic rings. The lowest BCUT2D eigenvalue weighted by Crippen LogP contribution is -2.29. The number of methoxy groups -OCH3 is 2. The van der Waals surface area contributed by atoms with Crippen LogP contribution in [0.25, 0.3) is 5.76 Å². The fraction of sp³-hybridized carbons (Fsp3) is 0.333. The van der Waals surface area contributed by atoms with Crippen molar-refractivity contribution in [1.29, 1.82) is 0 Å². The molecule has 8 nitrogen and oxygen atoms in total. The topological polar surface area (TPSA) is 94.5 Å². The van der Waals surface area contributed by atoms with Gasteiger partial charge in [0.1, 0.15) is 17.3 Å². The normalized spacial score (nSPS) is 16.6. The molecule has 3 aromatic carbocycles. The van der Waals surface area contributed by atoms with Gasteiger partial charge in [-0.15, -0.1) is 0 Å². The third kappa shape index (κ3) is 5.73. The lowest BCUT2D eigenvalue weighted by atomic mass is 9.84. The van der Waals surface area contributed by atoms with E-state index < -0.39 is 17.7 Å². The van der Waals surface area contributed by atoms with Crippen LogP contribution >= 0.6 is 0 Å². The monoisotopic (exact) mass is 559 g/mol. The minimum Gasteiger partial charge on any atom is -0.507 e. The first-order valence-corrected chi connectivity index (χ1v) is 13.6. The Kier molecular flexibility index (Phi) is 8.61. The van der Waals surface area contributed by atoms with E-state index in [-0.39, 0.29) is 16.7 Å². The summed E-state index contributed by atoms with van der Waals surface area (Å²) in [5.41, 5.74) is 1.99. The van der Waals surface area contributed by atoms with E-state index in [9.17, 15) is 14.7 Å². The number of rotatable bonds is 9. The van der Waals surface area contributed by atoms with Crippen LogP contribution in [0.2, 0.25) is 0 Å².